The average molecular weight is 142 g/mol. The highest BCUT2D eigenvalue weighted by atomic mass is 32.2. The number of rotatable bonds is 1. The average Bonchev–Trinajstić information content (AvgIpc) is 1.90. The highest BCUT2D eigenvalue weighted by Gasteiger charge is 2.04. The number of aliphatic imine (C=N–C) groups is 1. The second-order valence-corrected chi connectivity index (χ2v) is 2.41. The zero-order chi connectivity index (χ0) is 6.69. The summed E-state index contributed by atoms with van der Waals surface area (Å²) in [6.07, 6.45) is 1.72. The van der Waals surface area contributed by atoms with E-state index >= 15 is 0 Å². The van der Waals surface area contributed by atoms with E-state index in [2.05, 4.69) is 4.99 Å². The molecule has 1 aliphatic rings. The van der Waals surface area contributed by atoms with Gasteiger partial charge in [-0.05, 0) is 6.08 Å². The maximum atomic E-state index is 10.4. The molecule has 1 heterocycles. The number of amides is 1. The van der Waals surface area contributed by atoms with E-state index < -0.39 is 0 Å². The Kier molecular flexibility index (Phi) is 1.89. The van der Waals surface area contributed by atoms with Crippen LogP contribution in [0.2, 0.25) is 0 Å². The zero-order valence-corrected chi connectivity index (χ0v) is 5.52. The van der Waals surface area contributed by atoms with Gasteiger partial charge in [0.15, 0.2) is 0 Å². The largest absolute Gasteiger partial charge is 0.365 e. The summed E-state index contributed by atoms with van der Waals surface area (Å²) >= 11 is 1.27. The molecule has 4 heteroatoms. The highest BCUT2D eigenvalue weighted by Crippen LogP contribution is 2.14. The fourth-order valence-corrected chi connectivity index (χ4v) is 1.04. The molecule has 0 aromatic rings. The molecular weight excluding hydrogens is 136 g/mol. The van der Waals surface area contributed by atoms with Crippen molar-refractivity contribution in [2.45, 2.75) is 0 Å². The van der Waals surface area contributed by atoms with E-state index in [1.165, 1.54) is 11.8 Å². The minimum Gasteiger partial charge on any atom is -0.365 e. The quantitative estimate of drug-likeness (QED) is 0.565. The molecule has 2 N–H and O–H groups in total. The Morgan fingerprint density at radius 2 is 2.67 bits per heavy atom. The molecule has 0 spiro atoms. The maximum Gasteiger partial charge on any atom is 0.255 e. The first-order valence-corrected chi connectivity index (χ1v) is 3.33. The van der Waals surface area contributed by atoms with Crippen molar-refractivity contribution in [2.24, 2.45) is 10.7 Å². The molecule has 0 saturated heterocycles. The Morgan fingerprint density at radius 3 is 3.00 bits per heavy atom. The van der Waals surface area contributed by atoms with Gasteiger partial charge in [-0.1, -0.05) is 11.8 Å². The lowest BCUT2D eigenvalue weighted by Crippen LogP contribution is -2.13. The predicted molar refractivity (Wildman–Crippen MR) is 38.2 cm³/mol. The highest BCUT2D eigenvalue weighted by molar-refractivity contribution is 8.16. The molecule has 9 heavy (non-hydrogen) atoms. The number of nitrogens with two attached hydrogens (primary N) is 1. The third kappa shape index (κ3) is 1.57. The molecular formula is C5H6N2OS. The molecule has 1 amide bonds. The molecule has 0 radical (unpaired) electrons. The van der Waals surface area contributed by atoms with E-state index in [9.17, 15) is 4.79 Å². The molecule has 0 aliphatic carbocycles. The molecule has 1 aliphatic heterocycles. The number of carbonyl (C=O) groups is 1. The van der Waals surface area contributed by atoms with Gasteiger partial charge in [0.05, 0.1) is 17.0 Å². The summed E-state index contributed by atoms with van der Waals surface area (Å²) in [5.74, 6) is -0.369. The van der Waals surface area contributed by atoms with Crippen LogP contribution in [0.25, 0.3) is 0 Å². The molecule has 0 unspecified atom stereocenters. The fraction of sp³-hybridized carbons (Fsp3) is 0.200. The van der Waals surface area contributed by atoms with E-state index in [1.54, 1.807) is 11.6 Å². The van der Waals surface area contributed by atoms with Crippen molar-refractivity contribution in [2.75, 3.05) is 6.54 Å². The SMILES string of the molecule is NC(=O)C1=CCN=CS1. The molecule has 0 saturated carbocycles. The Morgan fingerprint density at radius 1 is 1.89 bits per heavy atom. The van der Waals surface area contributed by atoms with Crippen LogP contribution >= 0.6 is 11.8 Å². The van der Waals surface area contributed by atoms with Crippen molar-refractivity contribution in [3.8, 4) is 0 Å². The Balaban J connectivity index is 2.61. The van der Waals surface area contributed by atoms with E-state index in [0.29, 0.717) is 11.4 Å². The Labute approximate surface area is 57.0 Å². The summed E-state index contributed by atoms with van der Waals surface area (Å²) in [7, 11) is 0. The van der Waals surface area contributed by atoms with Gasteiger partial charge < -0.3 is 5.73 Å². The Bertz CT molecular complexity index is 185. The predicted octanol–water partition coefficient (Wildman–Crippen LogP) is 0.131. The summed E-state index contributed by atoms with van der Waals surface area (Å²) in [4.78, 5) is 14.9. The molecule has 1 rings (SSSR count). The minimum absolute atomic E-state index is 0.369. The molecule has 0 aromatic heterocycles. The normalized spacial score (nSPS) is 17.1. The maximum absolute atomic E-state index is 10.4. The summed E-state index contributed by atoms with van der Waals surface area (Å²) < 4.78 is 0. The van der Waals surface area contributed by atoms with Crippen molar-refractivity contribution >= 4 is 23.2 Å². The van der Waals surface area contributed by atoms with Gasteiger partial charge in [-0.15, -0.1) is 0 Å². The van der Waals surface area contributed by atoms with Gasteiger partial charge in [0.25, 0.3) is 5.91 Å². The summed E-state index contributed by atoms with van der Waals surface area (Å²) in [5.41, 5.74) is 6.60. The summed E-state index contributed by atoms with van der Waals surface area (Å²) in [6.45, 7) is 0.575. The van der Waals surface area contributed by atoms with Crippen LogP contribution in [0, 0.1) is 0 Å². The summed E-state index contributed by atoms with van der Waals surface area (Å²) in [6, 6.07) is 0. The lowest BCUT2D eigenvalue weighted by Gasteiger charge is -2.00. The standard InChI is InChI=1S/C5H6N2OS/c6-5(8)4-1-2-7-3-9-4/h1,3H,2H2,(H2,6,8). The zero-order valence-electron chi connectivity index (χ0n) is 4.70. The van der Waals surface area contributed by atoms with E-state index in [-0.39, 0.29) is 5.91 Å². The molecule has 0 bridgehead atoms. The first-order valence-electron chi connectivity index (χ1n) is 2.45. The van der Waals surface area contributed by atoms with Gasteiger partial charge in [-0.3, -0.25) is 9.79 Å². The van der Waals surface area contributed by atoms with Crippen molar-refractivity contribution in [1.82, 2.24) is 0 Å². The van der Waals surface area contributed by atoms with Crippen molar-refractivity contribution in [1.29, 1.82) is 0 Å². The molecule has 0 atom stereocenters. The van der Waals surface area contributed by atoms with Gasteiger partial charge >= 0.3 is 0 Å². The monoisotopic (exact) mass is 142 g/mol. The van der Waals surface area contributed by atoms with E-state index in [0.717, 1.165) is 0 Å². The number of hydrogen-bond donors (Lipinski definition) is 1. The number of nitrogens with zero attached hydrogens (tertiary/aromatic N) is 1. The van der Waals surface area contributed by atoms with Crippen LogP contribution in [0.4, 0.5) is 0 Å². The van der Waals surface area contributed by atoms with Crippen molar-refractivity contribution in [3.05, 3.63) is 11.0 Å². The van der Waals surface area contributed by atoms with Crippen LogP contribution in [0.3, 0.4) is 0 Å². The van der Waals surface area contributed by atoms with Gasteiger partial charge in [-0.2, -0.15) is 0 Å². The summed E-state index contributed by atoms with van der Waals surface area (Å²) in [5, 5.41) is 0. The van der Waals surface area contributed by atoms with Crippen LogP contribution in [0.1, 0.15) is 0 Å². The van der Waals surface area contributed by atoms with Crippen molar-refractivity contribution in [3.63, 3.8) is 0 Å². The van der Waals surface area contributed by atoms with Crippen LogP contribution in [-0.2, 0) is 4.79 Å². The Hall–Kier alpha value is -0.770. The minimum atomic E-state index is -0.369. The number of carbonyl (C=O) groups excluding carboxylic acids is 1. The van der Waals surface area contributed by atoms with Crippen LogP contribution in [-0.4, -0.2) is 18.0 Å². The van der Waals surface area contributed by atoms with Crippen molar-refractivity contribution < 1.29 is 4.79 Å². The lowest BCUT2D eigenvalue weighted by atomic mass is 10.5. The second-order valence-electron chi connectivity index (χ2n) is 1.52. The third-order valence-corrected chi connectivity index (χ3v) is 1.76. The molecule has 0 fully saturated rings. The van der Waals surface area contributed by atoms with Crippen LogP contribution in [0.15, 0.2) is 16.0 Å². The van der Waals surface area contributed by atoms with E-state index in [1.807, 2.05) is 0 Å². The molecule has 3 nitrogen and oxygen atoms in total. The molecule has 48 valence electrons. The second kappa shape index (κ2) is 2.68. The smallest absolute Gasteiger partial charge is 0.255 e. The molecule has 0 aromatic carbocycles. The van der Waals surface area contributed by atoms with Crippen LogP contribution in [0.5, 0.6) is 0 Å². The first kappa shape index (κ1) is 6.35. The van der Waals surface area contributed by atoms with Crippen LogP contribution < -0.4 is 5.73 Å². The lowest BCUT2D eigenvalue weighted by molar-refractivity contribution is -0.113. The van der Waals surface area contributed by atoms with E-state index in [4.69, 9.17) is 5.73 Å². The first-order chi connectivity index (χ1) is 4.30. The fourth-order valence-electron chi connectivity index (χ4n) is 0.479. The number of primary amides is 1. The topological polar surface area (TPSA) is 55.5 Å². The number of thioether (sulfide) groups is 1. The van der Waals surface area contributed by atoms with Gasteiger partial charge in [-0.25, -0.2) is 0 Å². The number of hydrogen-bond acceptors (Lipinski definition) is 3. The third-order valence-electron chi connectivity index (χ3n) is 0.879. The van der Waals surface area contributed by atoms with Gasteiger partial charge in [0.1, 0.15) is 0 Å². The van der Waals surface area contributed by atoms with Gasteiger partial charge in [0.2, 0.25) is 0 Å². The van der Waals surface area contributed by atoms with Gasteiger partial charge in [0, 0.05) is 0 Å².